The molecule has 1 aliphatic heterocycles. The van der Waals surface area contributed by atoms with E-state index in [-0.39, 0.29) is 23.8 Å². The first-order valence-electron chi connectivity index (χ1n) is 7.20. The van der Waals surface area contributed by atoms with Gasteiger partial charge in [0, 0.05) is 0 Å². The van der Waals surface area contributed by atoms with Crippen molar-refractivity contribution in [1.29, 1.82) is 0 Å². The van der Waals surface area contributed by atoms with Crippen LogP contribution < -0.4 is 10.2 Å². The van der Waals surface area contributed by atoms with E-state index in [1.165, 1.54) is 29.2 Å². The molecule has 0 radical (unpaired) electrons. The van der Waals surface area contributed by atoms with Gasteiger partial charge in [-0.3, -0.25) is 14.5 Å². The van der Waals surface area contributed by atoms with Crippen molar-refractivity contribution in [2.75, 3.05) is 23.4 Å². The van der Waals surface area contributed by atoms with Crippen LogP contribution in [0, 0.1) is 0 Å². The number of rotatable bonds is 3. The van der Waals surface area contributed by atoms with Crippen LogP contribution in [0.15, 0.2) is 48.5 Å². The fourth-order valence-electron chi connectivity index (χ4n) is 2.34. The van der Waals surface area contributed by atoms with Gasteiger partial charge < -0.3 is 15.2 Å². The number of hydrogen-bond donors (Lipinski definition) is 2. The second-order valence-corrected chi connectivity index (χ2v) is 5.17. The molecule has 7 nitrogen and oxygen atoms in total. The summed E-state index contributed by atoms with van der Waals surface area (Å²) in [6.45, 7) is -0.617. The molecule has 0 saturated heterocycles. The van der Waals surface area contributed by atoms with E-state index in [4.69, 9.17) is 4.74 Å². The number of ether oxygens (including phenoxy) is 1. The summed E-state index contributed by atoms with van der Waals surface area (Å²) in [4.78, 5) is 37.2. The Morgan fingerprint density at radius 3 is 2.58 bits per heavy atom. The average Bonchev–Trinajstić information content (AvgIpc) is 2.59. The molecule has 0 aliphatic carbocycles. The van der Waals surface area contributed by atoms with Gasteiger partial charge in [0.25, 0.3) is 5.91 Å². The summed E-state index contributed by atoms with van der Waals surface area (Å²) in [6.07, 6.45) is 0. The Hall–Kier alpha value is -3.35. The summed E-state index contributed by atoms with van der Waals surface area (Å²) in [6, 6.07) is 12.4. The van der Waals surface area contributed by atoms with Gasteiger partial charge in [0.1, 0.15) is 12.3 Å². The van der Waals surface area contributed by atoms with Crippen LogP contribution in [0.3, 0.4) is 0 Å². The number of anilines is 2. The standard InChI is InChI=1S/C17H14N2O5/c20-12-7-5-11(6-8-12)17(23)24-10-16(22)19-9-15(21)18-13-3-1-2-4-14(13)19/h1-8,20H,9-10H2,(H,18,21). The topological polar surface area (TPSA) is 95.9 Å². The van der Waals surface area contributed by atoms with Gasteiger partial charge in [-0.1, -0.05) is 12.1 Å². The molecule has 2 N–H and O–H groups in total. The number of benzene rings is 2. The maximum absolute atomic E-state index is 12.3. The molecule has 2 aromatic rings. The summed E-state index contributed by atoms with van der Waals surface area (Å²) >= 11 is 0. The Bertz CT molecular complexity index is 801. The first-order valence-corrected chi connectivity index (χ1v) is 7.20. The molecule has 0 bridgehead atoms. The highest BCUT2D eigenvalue weighted by Crippen LogP contribution is 2.28. The Morgan fingerprint density at radius 1 is 1.12 bits per heavy atom. The van der Waals surface area contributed by atoms with Crippen LogP contribution in [0.4, 0.5) is 11.4 Å². The molecule has 2 amide bonds. The number of carbonyl (C=O) groups excluding carboxylic acids is 3. The van der Waals surface area contributed by atoms with Crippen molar-refractivity contribution in [3.63, 3.8) is 0 Å². The van der Waals surface area contributed by atoms with E-state index in [9.17, 15) is 19.5 Å². The molecule has 122 valence electrons. The van der Waals surface area contributed by atoms with Crippen molar-refractivity contribution in [3.05, 3.63) is 54.1 Å². The minimum Gasteiger partial charge on any atom is -0.508 e. The quantitative estimate of drug-likeness (QED) is 0.834. The normalized spacial score (nSPS) is 13.0. The SMILES string of the molecule is O=C1CN(C(=O)COC(=O)c2ccc(O)cc2)c2ccccc2N1. The van der Waals surface area contributed by atoms with Crippen molar-refractivity contribution in [3.8, 4) is 5.75 Å². The van der Waals surface area contributed by atoms with Gasteiger partial charge in [-0.25, -0.2) is 4.79 Å². The maximum atomic E-state index is 12.3. The van der Waals surface area contributed by atoms with Crippen LogP contribution in [-0.4, -0.2) is 36.0 Å². The number of carbonyl (C=O) groups is 3. The van der Waals surface area contributed by atoms with Crippen LogP contribution in [0.1, 0.15) is 10.4 Å². The van der Waals surface area contributed by atoms with Gasteiger partial charge in [0.15, 0.2) is 6.61 Å². The van der Waals surface area contributed by atoms with Gasteiger partial charge in [-0.15, -0.1) is 0 Å². The predicted molar refractivity (Wildman–Crippen MR) is 85.8 cm³/mol. The first-order chi connectivity index (χ1) is 11.5. The third kappa shape index (κ3) is 3.19. The number of amides is 2. The van der Waals surface area contributed by atoms with Crippen LogP contribution in [0.5, 0.6) is 5.75 Å². The molecule has 0 atom stereocenters. The highest BCUT2D eigenvalue weighted by atomic mass is 16.5. The number of fused-ring (bicyclic) bond motifs is 1. The van der Waals surface area contributed by atoms with Gasteiger partial charge in [-0.2, -0.15) is 0 Å². The molecular weight excluding hydrogens is 312 g/mol. The van der Waals surface area contributed by atoms with Crippen molar-refractivity contribution < 1.29 is 24.2 Å². The zero-order valence-electron chi connectivity index (χ0n) is 12.6. The van der Waals surface area contributed by atoms with E-state index in [2.05, 4.69) is 5.32 Å². The largest absolute Gasteiger partial charge is 0.508 e. The van der Waals surface area contributed by atoms with Gasteiger partial charge in [0.2, 0.25) is 5.91 Å². The molecule has 2 aromatic carbocycles. The number of aromatic hydroxyl groups is 1. The van der Waals surface area contributed by atoms with Crippen molar-refractivity contribution in [2.24, 2.45) is 0 Å². The zero-order chi connectivity index (χ0) is 17.1. The lowest BCUT2D eigenvalue weighted by molar-refractivity contribution is -0.124. The van der Waals surface area contributed by atoms with Crippen LogP contribution >= 0.6 is 0 Å². The summed E-state index contributed by atoms with van der Waals surface area (Å²) in [7, 11) is 0. The first kappa shape index (κ1) is 15.5. The fraction of sp³-hybridized carbons (Fsp3) is 0.118. The molecule has 0 fully saturated rings. The second-order valence-electron chi connectivity index (χ2n) is 5.17. The number of nitrogens with one attached hydrogen (secondary N) is 1. The van der Waals surface area contributed by atoms with Crippen LogP contribution in [-0.2, 0) is 14.3 Å². The Kier molecular flexibility index (Phi) is 4.15. The van der Waals surface area contributed by atoms with Crippen LogP contribution in [0.25, 0.3) is 0 Å². The third-order valence-corrected chi connectivity index (χ3v) is 3.50. The number of esters is 1. The minimum atomic E-state index is -0.682. The lowest BCUT2D eigenvalue weighted by Gasteiger charge is -2.28. The van der Waals surface area contributed by atoms with E-state index in [1.807, 2.05) is 0 Å². The molecule has 1 heterocycles. The van der Waals surface area contributed by atoms with E-state index in [0.29, 0.717) is 11.4 Å². The number of hydrogen-bond acceptors (Lipinski definition) is 5. The molecule has 0 spiro atoms. The molecule has 24 heavy (non-hydrogen) atoms. The van der Waals surface area contributed by atoms with Crippen molar-refractivity contribution in [1.82, 2.24) is 0 Å². The summed E-state index contributed by atoms with van der Waals surface area (Å²) in [5.74, 6) is -1.46. The Morgan fingerprint density at radius 2 is 1.83 bits per heavy atom. The molecular formula is C17H14N2O5. The minimum absolute atomic E-state index is 0.0264. The number of phenolic OH excluding ortho intramolecular Hbond substituents is 1. The summed E-state index contributed by atoms with van der Waals surface area (Å²) in [5.41, 5.74) is 1.31. The molecule has 1 aliphatic rings. The monoisotopic (exact) mass is 326 g/mol. The fourth-order valence-corrected chi connectivity index (χ4v) is 2.34. The molecule has 0 unspecified atom stereocenters. The van der Waals surface area contributed by atoms with Crippen molar-refractivity contribution in [2.45, 2.75) is 0 Å². The summed E-state index contributed by atoms with van der Waals surface area (Å²) in [5, 5.41) is 11.9. The summed E-state index contributed by atoms with van der Waals surface area (Å²) < 4.78 is 4.99. The van der Waals surface area contributed by atoms with E-state index < -0.39 is 18.5 Å². The van der Waals surface area contributed by atoms with Gasteiger partial charge >= 0.3 is 5.97 Å². The molecule has 3 rings (SSSR count). The molecule has 0 aromatic heterocycles. The highest BCUT2D eigenvalue weighted by Gasteiger charge is 2.27. The molecule has 0 saturated carbocycles. The number of nitrogens with zero attached hydrogens (tertiary/aromatic N) is 1. The van der Waals surface area contributed by atoms with Crippen molar-refractivity contribution >= 4 is 29.2 Å². The lowest BCUT2D eigenvalue weighted by atomic mass is 10.2. The lowest BCUT2D eigenvalue weighted by Crippen LogP contribution is -2.44. The Balaban J connectivity index is 1.68. The highest BCUT2D eigenvalue weighted by molar-refractivity contribution is 6.10. The number of phenols is 1. The predicted octanol–water partition coefficient (Wildman–Crippen LogP) is 1.53. The molecule has 7 heteroatoms. The van der Waals surface area contributed by atoms with Crippen LogP contribution in [0.2, 0.25) is 0 Å². The van der Waals surface area contributed by atoms with E-state index in [1.54, 1.807) is 24.3 Å². The smallest absolute Gasteiger partial charge is 0.338 e. The van der Waals surface area contributed by atoms with E-state index in [0.717, 1.165) is 0 Å². The maximum Gasteiger partial charge on any atom is 0.338 e. The Labute approximate surface area is 137 Å². The average molecular weight is 326 g/mol. The zero-order valence-corrected chi connectivity index (χ0v) is 12.6. The van der Waals surface area contributed by atoms with Gasteiger partial charge in [-0.05, 0) is 36.4 Å². The third-order valence-electron chi connectivity index (χ3n) is 3.50. The van der Waals surface area contributed by atoms with E-state index >= 15 is 0 Å². The second kappa shape index (κ2) is 6.41. The number of para-hydroxylation sites is 2. The van der Waals surface area contributed by atoms with Gasteiger partial charge in [0.05, 0.1) is 16.9 Å².